The van der Waals surface area contributed by atoms with E-state index in [0.29, 0.717) is 18.4 Å². The molecular formula is C14H24N4O. The molecule has 0 spiro atoms. The van der Waals surface area contributed by atoms with Crippen LogP contribution in [0, 0.1) is 0 Å². The molecule has 2 heterocycles. The van der Waals surface area contributed by atoms with Crippen LogP contribution >= 0.6 is 0 Å². The van der Waals surface area contributed by atoms with Gasteiger partial charge >= 0.3 is 0 Å². The summed E-state index contributed by atoms with van der Waals surface area (Å²) in [5.41, 5.74) is 2.42. The minimum atomic E-state index is 0.252. The summed E-state index contributed by atoms with van der Waals surface area (Å²) in [5, 5.41) is 8.06. The maximum Gasteiger partial charge on any atom is 0.222 e. The summed E-state index contributed by atoms with van der Waals surface area (Å²) in [7, 11) is 3.84. The van der Waals surface area contributed by atoms with E-state index in [1.165, 1.54) is 5.56 Å². The van der Waals surface area contributed by atoms with Crippen LogP contribution in [0.4, 0.5) is 0 Å². The first-order valence-electron chi connectivity index (χ1n) is 6.97. The highest BCUT2D eigenvalue weighted by Gasteiger charge is 2.22. The molecule has 1 saturated heterocycles. The molecule has 1 aliphatic heterocycles. The zero-order valence-electron chi connectivity index (χ0n) is 12.3. The molecule has 0 aromatic carbocycles. The van der Waals surface area contributed by atoms with Gasteiger partial charge in [0.25, 0.3) is 0 Å². The van der Waals surface area contributed by atoms with Crippen molar-refractivity contribution < 1.29 is 4.79 Å². The number of amides is 1. The summed E-state index contributed by atoms with van der Waals surface area (Å²) in [4.78, 5) is 13.3. The first-order valence-corrected chi connectivity index (χ1v) is 6.97. The van der Waals surface area contributed by atoms with E-state index >= 15 is 0 Å². The number of rotatable bonds is 4. The Morgan fingerprint density at radius 3 is 2.84 bits per heavy atom. The molecule has 1 atom stereocenters. The van der Waals surface area contributed by atoms with Crippen LogP contribution in [0.25, 0.3) is 0 Å². The number of likely N-dealkylation sites (tertiary alicyclic amines) is 1. The third-order valence-electron chi connectivity index (χ3n) is 3.69. The molecule has 19 heavy (non-hydrogen) atoms. The molecule has 1 aromatic rings. The van der Waals surface area contributed by atoms with Crippen LogP contribution in [-0.2, 0) is 18.4 Å². The third-order valence-corrected chi connectivity index (χ3v) is 3.69. The Labute approximate surface area is 115 Å². The number of aromatic nitrogens is 2. The van der Waals surface area contributed by atoms with Gasteiger partial charge in [-0.3, -0.25) is 9.48 Å². The van der Waals surface area contributed by atoms with E-state index in [9.17, 15) is 4.79 Å². The van der Waals surface area contributed by atoms with Crippen molar-refractivity contribution >= 4 is 5.91 Å². The number of carbonyl (C=O) groups is 1. The normalized spacial score (nSPS) is 20.4. The van der Waals surface area contributed by atoms with Gasteiger partial charge in [-0.2, -0.15) is 5.10 Å². The number of aryl methyl sites for hydroxylation is 1. The fourth-order valence-corrected chi connectivity index (χ4v) is 2.61. The maximum absolute atomic E-state index is 11.4. The van der Waals surface area contributed by atoms with Crippen LogP contribution in [0.15, 0.2) is 6.20 Å². The molecule has 0 saturated carbocycles. The van der Waals surface area contributed by atoms with Crippen molar-refractivity contribution in [3.8, 4) is 0 Å². The summed E-state index contributed by atoms with van der Waals surface area (Å²) in [6, 6.07) is 0.392. The van der Waals surface area contributed by atoms with Crippen LogP contribution < -0.4 is 5.32 Å². The standard InChI is InChI=1S/C14H24N4O/c1-10(2)14-11(8-18(4)16-14)7-15-12-5-6-13(19)17(3)9-12/h8,10,12,15H,5-7,9H2,1-4H3. The molecule has 1 unspecified atom stereocenters. The zero-order chi connectivity index (χ0) is 14.0. The molecule has 1 amide bonds. The van der Waals surface area contributed by atoms with Crippen molar-refractivity contribution in [3.63, 3.8) is 0 Å². The summed E-state index contributed by atoms with van der Waals surface area (Å²) >= 11 is 0. The van der Waals surface area contributed by atoms with E-state index in [1.54, 1.807) is 0 Å². The molecule has 0 bridgehead atoms. The summed E-state index contributed by atoms with van der Waals surface area (Å²) in [6.45, 7) is 5.96. The van der Waals surface area contributed by atoms with Gasteiger partial charge in [-0.15, -0.1) is 0 Å². The first-order chi connectivity index (χ1) is 8.97. The lowest BCUT2D eigenvalue weighted by Crippen LogP contribution is -2.46. The van der Waals surface area contributed by atoms with Gasteiger partial charge in [0.2, 0.25) is 5.91 Å². The van der Waals surface area contributed by atoms with Crippen LogP contribution in [-0.4, -0.2) is 40.2 Å². The second-order valence-corrected chi connectivity index (χ2v) is 5.76. The molecule has 1 aliphatic rings. The first kappa shape index (κ1) is 14.1. The summed E-state index contributed by atoms with van der Waals surface area (Å²) in [5.74, 6) is 0.691. The van der Waals surface area contributed by atoms with Gasteiger partial charge in [-0.25, -0.2) is 0 Å². The second kappa shape index (κ2) is 5.74. The van der Waals surface area contributed by atoms with Crippen molar-refractivity contribution in [2.45, 2.75) is 45.2 Å². The van der Waals surface area contributed by atoms with Gasteiger partial charge in [-0.05, 0) is 12.3 Å². The largest absolute Gasteiger partial charge is 0.344 e. The number of nitrogens with zero attached hydrogens (tertiary/aromatic N) is 3. The van der Waals surface area contributed by atoms with Crippen molar-refractivity contribution in [2.24, 2.45) is 7.05 Å². The highest BCUT2D eigenvalue weighted by atomic mass is 16.2. The van der Waals surface area contributed by atoms with Gasteiger partial charge in [-0.1, -0.05) is 13.8 Å². The highest BCUT2D eigenvalue weighted by Crippen LogP contribution is 2.18. The number of carbonyl (C=O) groups excluding carboxylic acids is 1. The van der Waals surface area contributed by atoms with Crippen molar-refractivity contribution in [3.05, 3.63) is 17.5 Å². The predicted molar refractivity (Wildman–Crippen MR) is 74.8 cm³/mol. The monoisotopic (exact) mass is 264 g/mol. The SMILES string of the molecule is CC(C)c1nn(C)cc1CNC1CCC(=O)N(C)C1. The van der Waals surface area contributed by atoms with E-state index in [4.69, 9.17) is 0 Å². The molecule has 1 fully saturated rings. The number of piperidine rings is 1. The van der Waals surface area contributed by atoms with E-state index in [1.807, 2.05) is 23.7 Å². The van der Waals surface area contributed by atoms with Crippen LogP contribution in [0.1, 0.15) is 43.9 Å². The lowest BCUT2D eigenvalue weighted by molar-refractivity contribution is -0.132. The zero-order valence-corrected chi connectivity index (χ0v) is 12.3. The molecule has 5 nitrogen and oxygen atoms in total. The fraction of sp³-hybridized carbons (Fsp3) is 0.714. The lowest BCUT2D eigenvalue weighted by Gasteiger charge is -2.30. The van der Waals surface area contributed by atoms with E-state index < -0.39 is 0 Å². The van der Waals surface area contributed by atoms with E-state index in [2.05, 4.69) is 30.5 Å². The molecule has 5 heteroatoms. The molecule has 0 aliphatic carbocycles. The topological polar surface area (TPSA) is 50.2 Å². The van der Waals surface area contributed by atoms with Crippen molar-refractivity contribution in [1.29, 1.82) is 0 Å². The number of hydrogen-bond acceptors (Lipinski definition) is 3. The Bertz CT molecular complexity index is 452. The van der Waals surface area contributed by atoms with E-state index in [-0.39, 0.29) is 5.91 Å². The van der Waals surface area contributed by atoms with Gasteiger partial charge < -0.3 is 10.2 Å². The molecule has 106 valence electrons. The highest BCUT2D eigenvalue weighted by molar-refractivity contribution is 5.76. The molecule has 0 radical (unpaired) electrons. The summed E-state index contributed by atoms with van der Waals surface area (Å²) in [6.07, 6.45) is 3.67. The Morgan fingerprint density at radius 2 is 2.21 bits per heavy atom. The van der Waals surface area contributed by atoms with Gasteiger partial charge in [0, 0.05) is 51.4 Å². The minimum absolute atomic E-state index is 0.252. The number of hydrogen-bond donors (Lipinski definition) is 1. The Morgan fingerprint density at radius 1 is 1.47 bits per heavy atom. The molecule has 1 N–H and O–H groups in total. The van der Waals surface area contributed by atoms with Gasteiger partial charge in [0.15, 0.2) is 0 Å². The predicted octanol–water partition coefficient (Wildman–Crippen LogP) is 1.25. The Balaban J connectivity index is 1.94. The average molecular weight is 264 g/mol. The van der Waals surface area contributed by atoms with Gasteiger partial charge in [0.1, 0.15) is 0 Å². The maximum atomic E-state index is 11.4. The molecule has 2 rings (SSSR count). The number of likely N-dealkylation sites (N-methyl/N-ethyl adjacent to an activating group) is 1. The smallest absolute Gasteiger partial charge is 0.222 e. The third kappa shape index (κ3) is 3.35. The quantitative estimate of drug-likeness (QED) is 0.890. The molecular weight excluding hydrogens is 240 g/mol. The van der Waals surface area contributed by atoms with Crippen LogP contribution in [0.2, 0.25) is 0 Å². The molecule has 1 aromatic heterocycles. The summed E-state index contributed by atoms with van der Waals surface area (Å²) < 4.78 is 1.88. The van der Waals surface area contributed by atoms with Crippen LogP contribution in [0.5, 0.6) is 0 Å². The van der Waals surface area contributed by atoms with Crippen LogP contribution in [0.3, 0.4) is 0 Å². The second-order valence-electron chi connectivity index (χ2n) is 5.76. The van der Waals surface area contributed by atoms with Gasteiger partial charge in [0.05, 0.1) is 5.69 Å². The Hall–Kier alpha value is -1.36. The van der Waals surface area contributed by atoms with E-state index in [0.717, 1.165) is 25.2 Å². The van der Waals surface area contributed by atoms with Crippen molar-refractivity contribution in [2.75, 3.05) is 13.6 Å². The Kier molecular flexibility index (Phi) is 4.24. The average Bonchev–Trinajstić information content (AvgIpc) is 2.72. The van der Waals surface area contributed by atoms with Crippen molar-refractivity contribution in [1.82, 2.24) is 20.0 Å². The minimum Gasteiger partial charge on any atom is -0.344 e. The lowest BCUT2D eigenvalue weighted by atomic mass is 10.0. The number of nitrogens with one attached hydrogen (secondary N) is 1. The fourth-order valence-electron chi connectivity index (χ4n) is 2.61.